The average Bonchev–Trinajstić information content (AvgIpc) is 2.66. The van der Waals surface area contributed by atoms with E-state index in [1.807, 2.05) is 17.6 Å². The van der Waals surface area contributed by atoms with Gasteiger partial charge < -0.3 is 9.30 Å². The van der Waals surface area contributed by atoms with Crippen molar-refractivity contribution in [1.29, 1.82) is 0 Å². The lowest BCUT2D eigenvalue weighted by Gasteiger charge is -2.19. The monoisotopic (exact) mass is 250 g/mol. The third kappa shape index (κ3) is 2.30. The second kappa shape index (κ2) is 5.33. The molecule has 0 aliphatic heterocycles. The second-order valence-electron chi connectivity index (χ2n) is 4.59. The SMILES string of the molecule is CCOC(=O)Cn1c(C)cc2c1CCCC2N=O. The van der Waals surface area contributed by atoms with Crippen LogP contribution < -0.4 is 0 Å². The van der Waals surface area contributed by atoms with Gasteiger partial charge in [0.25, 0.3) is 0 Å². The molecule has 5 heteroatoms. The van der Waals surface area contributed by atoms with Gasteiger partial charge in [-0.2, -0.15) is 4.91 Å². The molecule has 0 amide bonds. The summed E-state index contributed by atoms with van der Waals surface area (Å²) in [6.07, 6.45) is 2.64. The molecule has 18 heavy (non-hydrogen) atoms. The number of hydrogen-bond acceptors (Lipinski definition) is 4. The lowest BCUT2D eigenvalue weighted by molar-refractivity contribution is -0.143. The van der Waals surface area contributed by atoms with Crippen LogP contribution in [0.5, 0.6) is 0 Å². The number of carbonyl (C=O) groups excluding carboxylic acids is 1. The Kier molecular flexibility index (Phi) is 3.79. The maximum atomic E-state index is 11.6. The van der Waals surface area contributed by atoms with Gasteiger partial charge in [-0.1, -0.05) is 5.18 Å². The van der Waals surface area contributed by atoms with Crippen molar-refractivity contribution in [1.82, 2.24) is 4.57 Å². The van der Waals surface area contributed by atoms with Gasteiger partial charge >= 0.3 is 5.97 Å². The highest BCUT2D eigenvalue weighted by atomic mass is 16.5. The summed E-state index contributed by atoms with van der Waals surface area (Å²) >= 11 is 0. The fraction of sp³-hybridized carbons (Fsp3) is 0.615. The number of fused-ring (bicyclic) bond motifs is 1. The molecule has 0 saturated heterocycles. The number of esters is 1. The van der Waals surface area contributed by atoms with Gasteiger partial charge in [0.1, 0.15) is 12.6 Å². The van der Waals surface area contributed by atoms with Crippen LogP contribution in [0.15, 0.2) is 11.2 Å². The van der Waals surface area contributed by atoms with E-state index < -0.39 is 0 Å². The molecule has 1 aromatic heterocycles. The molecule has 1 heterocycles. The van der Waals surface area contributed by atoms with Gasteiger partial charge in [0.05, 0.1) is 6.61 Å². The Morgan fingerprint density at radius 1 is 1.61 bits per heavy atom. The van der Waals surface area contributed by atoms with Crippen molar-refractivity contribution in [3.63, 3.8) is 0 Å². The molecule has 0 N–H and O–H groups in total. The van der Waals surface area contributed by atoms with Gasteiger partial charge in [-0.25, -0.2) is 0 Å². The van der Waals surface area contributed by atoms with Crippen LogP contribution in [0.2, 0.25) is 0 Å². The maximum absolute atomic E-state index is 11.6. The number of ether oxygens (including phenoxy) is 1. The zero-order chi connectivity index (χ0) is 13.1. The third-order valence-electron chi connectivity index (χ3n) is 3.42. The summed E-state index contributed by atoms with van der Waals surface area (Å²) in [5.41, 5.74) is 3.04. The lowest BCUT2D eigenvalue weighted by Crippen LogP contribution is -2.18. The molecule has 1 atom stereocenters. The van der Waals surface area contributed by atoms with Crippen molar-refractivity contribution < 1.29 is 9.53 Å². The normalized spacial score (nSPS) is 18.2. The molecule has 98 valence electrons. The highest BCUT2D eigenvalue weighted by Crippen LogP contribution is 2.34. The first-order valence-electron chi connectivity index (χ1n) is 6.34. The first-order chi connectivity index (χ1) is 8.67. The van der Waals surface area contributed by atoms with Crippen LogP contribution in [0.25, 0.3) is 0 Å². The van der Waals surface area contributed by atoms with E-state index in [1.165, 1.54) is 0 Å². The van der Waals surface area contributed by atoms with Gasteiger partial charge in [0.2, 0.25) is 0 Å². The second-order valence-corrected chi connectivity index (χ2v) is 4.59. The third-order valence-corrected chi connectivity index (χ3v) is 3.42. The quantitative estimate of drug-likeness (QED) is 0.609. The largest absolute Gasteiger partial charge is 0.465 e. The van der Waals surface area contributed by atoms with Crippen LogP contribution in [0.1, 0.15) is 42.8 Å². The number of carbonyl (C=O) groups is 1. The minimum absolute atomic E-state index is 0.223. The first-order valence-corrected chi connectivity index (χ1v) is 6.34. The minimum Gasteiger partial charge on any atom is -0.465 e. The summed E-state index contributed by atoms with van der Waals surface area (Å²) < 4.78 is 6.92. The zero-order valence-corrected chi connectivity index (χ0v) is 10.8. The Morgan fingerprint density at radius 3 is 3.06 bits per heavy atom. The van der Waals surface area contributed by atoms with E-state index in [4.69, 9.17) is 4.74 Å². The number of nitrogens with zero attached hydrogens (tertiary/aromatic N) is 2. The predicted octanol–water partition coefficient (Wildman–Crippen LogP) is 2.50. The van der Waals surface area contributed by atoms with Crippen LogP contribution in [-0.2, 0) is 22.5 Å². The topological polar surface area (TPSA) is 60.7 Å². The van der Waals surface area contributed by atoms with Gasteiger partial charge in [-0.3, -0.25) is 4.79 Å². The molecule has 2 rings (SSSR count). The van der Waals surface area contributed by atoms with Crippen LogP contribution in [0.3, 0.4) is 0 Å². The summed E-state index contributed by atoms with van der Waals surface area (Å²) in [6.45, 7) is 4.35. The Morgan fingerprint density at radius 2 is 2.39 bits per heavy atom. The lowest BCUT2D eigenvalue weighted by atomic mass is 9.93. The molecule has 0 spiro atoms. The number of aromatic nitrogens is 1. The van der Waals surface area contributed by atoms with Crippen LogP contribution in [0, 0.1) is 11.8 Å². The molecule has 1 aliphatic carbocycles. The summed E-state index contributed by atoms with van der Waals surface area (Å²) in [4.78, 5) is 22.4. The van der Waals surface area contributed by atoms with Gasteiger partial charge in [0, 0.05) is 17.0 Å². The van der Waals surface area contributed by atoms with E-state index in [1.54, 1.807) is 6.92 Å². The highest BCUT2D eigenvalue weighted by Gasteiger charge is 2.26. The van der Waals surface area contributed by atoms with Gasteiger partial charge in [-0.15, -0.1) is 0 Å². The molecule has 1 aromatic rings. The van der Waals surface area contributed by atoms with E-state index in [0.717, 1.165) is 36.2 Å². The van der Waals surface area contributed by atoms with Crippen molar-refractivity contribution in [2.45, 2.75) is 45.7 Å². The average molecular weight is 250 g/mol. The number of nitroso groups, excluding NO2 is 1. The van der Waals surface area contributed by atoms with Gasteiger partial charge in [-0.05, 0) is 39.2 Å². The van der Waals surface area contributed by atoms with Crippen molar-refractivity contribution >= 4 is 5.97 Å². The van der Waals surface area contributed by atoms with E-state index in [-0.39, 0.29) is 18.6 Å². The minimum atomic E-state index is -0.254. The van der Waals surface area contributed by atoms with E-state index >= 15 is 0 Å². The maximum Gasteiger partial charge on any atom is 0.325 e. The molecular formula is C13H18N2O3. The van der Waals surface area contributed by atoms with E-state index in [2.05, 4.69) is 5.18 Å². The van der Waals surface area contributed by atoms with Crippen LogP contribution >= 0.6 is 0 Å². The number of hydrogen-bond donors (Lipinski definition) is 0. The summed E-state index contributed by atoms with van der Waals surface area (Å²) in [5.74, 6) is -0.236. The van der Waals surface area contributed by atoms with Crippen molar-refractivity contribution in [3.8, 4) is 0 Å². The Balaban J connectivity index is 2.28. The fourth-order valence-corrected chi connectivity index (χ4v) is 2.61. The highest BCUT2D eigenvalue weighted by molar-refractivity contribution is 5.69. The Hall–Kier alpha value is -1.65. The summed E-state index contributed by atoms with van der Waals surface area (Å²) in [5, 5.41) is 3.18. The molecule has 5 nitrogen and oxygen atoms in total. The van der Waals surface area contributed by atoms with E-state index in [9.17, 15) is 9.70 Å². The summed E-state index contributed by atoms with van der Waals surface area (Å²) in [6, 6.07) is 1.72. The molecule has 1 unspecified atom stereocenters. The van der Waals surface area contributed by atoms with Gasteiger partial charge in [0.15, 0.2) is 0 Å². The Labute approximate surface area is 106 Å². The molecule has 1 aliphatic rings. The molecule has 0 fully saturated rings. The summed E-state index contributed by atoms with van der Waals surface area (Å²) in [7, 11) is 0. The molecule has 0 saturated carbocycles. The zero-order valence-electron chi connectivity index (χ0n) is 10.8. The molecule has 0 aromatic carbocycles. The molecular weight excluding hydrogens is 232 g/mol. The first kappa shape index (κ1) is 12.8. The number of rotatable bonds is 4. The molecule has 0 bridgehead atoms. The number of aryl methyl sites for hydroxylation is 1. The van der Waals surface area contributed by atoms with E-state index in [0.29, 0.717) is 6.61 Å². The molecule has 0 radical (unpaired) electrons. The van der Waals surface area contributed by atoms with Crippen LogP contribution in [0.4, 0.5) is 0 Å². The predicted molar refractivity (Wildman–Crippen MR) is 67.3 cm³/mol. The van der Waals surface area contributed by atoms with Crippen molar-refractivity contribution in [3.05, 3.63) is 27.9 Å². The fourth-order valence-electron chi connectivity index (χ4n) is 2.61. The Bertz CT molecular complexity index is 465. The van der Waals surface area contributed by atoms with Crippen LogP contribution in [-0.4, -0.2) is 17.1 Å². The van der Waals surface area contributed by atoms with Crippen molar-refractivity contribution in [2.24, 2.45) is 5.18 Å². The van der Waals surface area contributed by atoms with Crippen molar-refractivity contribution in [2.75, 3.05) is 6.61 Å². The standard InChI is InChI=1S/C13H18N2O3/c1-3-18-13(16)8-15-9(2)7-10-11(14-17)5-4-6-12(10)15/h7,11H,3-6,8H2,1-2H3. The smallest absolute Gasteiger partial charge is 0.325 e.